The molecule has 1 nitrogen and oxygen atoms in total. The number of hydrogen-bond donors (Lipinski definition) is 0. The summed E-state index contributed by atoms with van der Waals surface area (Å²) in [6.07, 6.45) is 2.30. The molecule has 0 aromatic carbocycles. The van der Waals surface area contributed by atoms with Gasteiger partial charge in [-0.3, -0.25) is 0 Å². The van der Waals surface area contributed by atoms with E-state index in [0.29, 0.717) is 0 Å². The Bertz CT molecular complexity index is 120. The zero-order valence-corrected chi connectivity index (χ0v) is 4.56. The van der Waals surface area contributed by atoms with E-state index in [0.717, 1.165) is 6.08 Å². The first kappa shape index (κ1) is 5.54. The molecule has 0 N–H and O–H groups in total. The summed E-state index contributed by atoms with van der Waals surface area (Å²) in [7, 11) is 1.62. The van der Waals surface area contributed by atoms with E-state index in [9.17, 15) is 8.78 Å². The zero-order chi connectivity index (χ0) is 6.20. The van der Waals surface area contributed by atoms with Crippen molar-refractivity contribution in [1.29, 1.82) is 0 Å². The summed E-state index contributed by atoms with van der Waals surface area (Å²) >= 11 is 0. The van der Waals surface area contributed by atoms with Crippen LogP contribution in [0, 0.1) is 0 Å². The molecule has 3 heteroatoms. The second-order valence-electron chi connectivity index (χ2n) is 1.99. The van der Waals surface area contributed by atoms with Crippen LogP contribution in [0.4, 0.5) is 8.78 Å². The molecule has 0 amide bonds. The predicted molar refractivity (Wildman–Crippen MR) is 26.7 cm³/mol. The van der Waals surface area contributed by atoms with Gasteiger partial charge in [-0.25, -0.2) is 0 Å². The van der Waals surface area contributed by atoms with Gasteiger partial charge in [-0.15, -0.1) is 0 Å². The van der Waals surface area contributed by atoms with E-state index in [-0.39, 0.29) is 6.54 Å². The average molecular weight is 119 g/mol. The first-order valence-electron chi connectivity index (χ1n) is 2.38. The molecule has 0 aromatic rings. The summed E-state index contributed by atoms with van der Waals surface area (Å²) in [5.74, 6) is -2.59. The largest absolute Gasteiger partial charge is 0.374 e. The highest BCUT2D eigenvalue weighted by Crippen LogP contribution is 2.21. The topological polar surface area (TPSA) is 3.24 Å². The van der Waals surface area contributed by atoms with E-state index in [1.54, 1.807) is 7.05 Å². The Hall–Kier alpha value is -0.600. The van der Waals surface area contributed by atoms with Gasteiger partial charge in [0.05, 0.1) is 6.54 Å². The highest BCUT2D eigenvalue weighted by atomic mass is 19.3. The fourth-order valence-electron chi connectivity index (χ4n) is 0.674. The van der Waals surface area contributed by atoms with Gasteiger partial charge in [0.25, 0.3) is 5.92 Å². The van der Waals surface area contributed by atoms with E-state index in [1.165, 1.54) is 11.1 Å². The predicted octanol–water partition coefficient (Wildman–Crippen LogP) is 1.08. The Labute approximate surface area is 46.6 Å². The highest BCUT2D eigenvalue weighted by molar-refractivity contribution is 5.02. The van der Waals surface area contributed by atoms with Gasteiger partial charge in [0.2, 0.25) is 0 Å². The second-order valence-corrected chi connectivity index (χ2v) is 1.99. The third kappa shape index (κ3) is 0.967. The maximum Gasteiger partial charge on any atom is 0.285 e. The van der Waals surface area contributed by atoms with Crippen molar-refractivity contribution in [2.45, 2.75) is 5.92 Å². The lowest BCUT2D eigenvalue weighted by Gasteiger charge is -2.09. The minimum absolute atomic E-state index is 0.174. The fourth-order valence-corrected chi connectivity index (χ4v) is 0.674. The van der Waals surface area contributed by atoms with E-state index in [2.05, 4.69) is 0 Å². The molecular formula is C5H7F2N. The zero-order valence-electron chi connectivity index (χ0n) is 4.56. The minimum atomic E-state index is -2.59. The van der Waals surface area contributed by atoms with Crippen LogP contribution in [-0.4, -0.2) is 24.4 Å². The van der Waals surface area contributed by atoms with Gasteiger partial charge in [0.1, 0.15) is 0 Å². The molecular weight excluding hydrogens is 112 g/mol. The van der Waals surface area contributed by atoms with E-state index in [4.69, 9.17) is 0 Å². The van der Waals surface area contributed by atoms with Gasteiger partial charge < -0.3 is 4.90 Å². The van der Waals surface area contributed by atoms with Crippen LogP contribution < -0.4 is 0 Å². The van der Waals surface area contributed by atoms with Gasteiger partial charge >= 0.3 is 0 Å². The number of hydrogen-bond acceptors (Lipinski definition) is 1. The molecule has 0 atom stereocenters. The molecule has 1 heterocycles. The van der Waals surface area contributed by atoms with Crippen molar-refractivity contribution in [3.8, 4) is 0 Å². The Kier molecular flexibility index (Phi) is 0.994. The summed E-state index contributed by atoms with van der Waals surface area (Å²) in [4.78, 5) is 1.46. The number of rotatable bonds is 0. The molecule has 0 fully saturated rings. The highest BCUT2D eigenvalue weighted by Gasteiger charge is 2.30. The van der Waals surface area contributed by atoms with Crippen molar-refractivity contribution >= 4 is 0 Å². The molecule has 0 saturated carbocycles. The fraction of sp³-hybridized carbons (Fsp3) is 0.600. The van der Waals surface area contributed by atoms with Crippen LogP contribution >= 0.6 is 0 Å². The summed E-state index contributed by atoms with van der Waals surface area (Å²) < 4.78 is 24.1. The van der Waals surface area contributed by atoms with Crippen molar-refractivity contribution in [3.05, 3.63) is 12.3 Å². The van der Waals surface area contributed by atoms with Gasteiger partial charge in [0, 0.05) is 19.3 Å². The molecule has 1 aliphatic heterocycles. The van der Waals surface area contributed by atoms with Crippen LogP contribution in [0.25, 0.3) is 0 Å². The lowest BCUT2D eigenvalue weighted by atomic mass is 10.4. The molecule has 0 spiro atoms. The van der Waals surface area contributed by atoms with E-state index >= 15 is 0 Å². The van der Waals surface area contributed by atoms with Crippen LogP contribution in [-0.2, 0) is 0 Å². The summed E-state index contributed by atoms with van der Waals surface area (Å²) in [6, 6.07) is 0. The van der Waals surface area contributed by atoms with Crippen LogP contribution in [0.1, 0.15) is 0 Å². The van der Waals surface area contributed by atoms with Crippen molar-refractivity contribution in [3.63, 3.8) is 0 Å². The maximum absolute atomic E-state index is 12.1. The molecule has 1 rings (SSSR count). The van der Waals surface area contributed by atoms with Gasteiger partial charge in [0.15, 0.2) is 0 Å². The summed E-state index contributed by atoms with van der Waals surface area (Å²) in [5, 5.41) is 0. The van der Waals surface area contributed by atoms with Crippen molar-refractivity contribution in [2.24, 2.45) is 0 Å². The monoisotopic (exact) mass is 119 g/mol. The smallest absolute Gasteiger partial charge is 0.285 e. The number of nitrogens with zero attached hydrogens (tertiary/aromatic N) is 1. The van der Waals surface area contributed by atoms with Gasteiger partial charge in [-0.2, -0.15) is 8.78 Å². The Morgan fingerprint density at radius 1 is 1.62 bits per heavy atom. The maximum atomic E-state index is 12.1. The van der Waals surface area contributed by atoms with Crippen molar-refractivity contribution in [2.75, 3.05) is 13.6 Å². The van der Waals surface area contributed by atoms with Gasteiger partial charge in [-0.1, -0.05) is 0 Å². The minimum Gasteiger partial charge on any atom is -0.374 e. The van der Waals surface area contributed by atoms with Crippen molar-refractivity contribution < 1.29 is 8.78 Å². The lowest BCUT2D eigenvalue weighted by Crippen LogP contribution is -2.21. The number of halogens is 2. The molecule has 0 unspecified atom stereocenters. The Balaban J connectivity index is 2.58. The normalized spacial score (nSPS) is 24.6. The van der Waals surface area contributed by atoms with Gasteiger partial charge in [-0.05, 0) is 0 Å². The van der Waals surface area contributed by atoms with E-state index < -0.39 is 5.92 Å². The van der Waals surface area contributed by atoms with Crippen LogP contribution in [0.2, 0.25) is 0 Å². The molecule has 8 heavy (non-hydrogen) atoms. The molecule has 0 radical (unpaired) electrons. The SMILES string of the molecule is CN1C=CC(F)(F)C1. The second kappa shape index (κ2) is 1.44. The molecule has 0 bridgehead atoms. The molecule has 1 aliphatic rings. The van der Waals surface area contributed by atoms with Crippen LogP contribution in [0.15, 0.2) is 12.3 Å². The van der Waals surface area contributed by atoms with Crippen LogP contribution in [0.5, 0.6) is 0 Å². The first-order valence-corrected chi connectivity index (χ1v) is 2.38. The molecule has 0 aliphatic carbocycles. The summed E-state index contributed by atoms with van der Waals surface area (Å²) in [5.41, 5.74) is 0. The average Bonchev–Trinajstić information content (AvgIpc) is 1.82. The lowest BCUT2D eigenvalue weighted by molar-refractivity contribution is 0.0491. The van der Waals surface area contributed by atoms with E-state index in [1.807, 2.05) is 0 Å². The molecule has 46 valence electrons. The third-order valence-electron chi connectivity index (χ3n) is 1.03. The quantitative estimate of drug-likeness (QED) is 0.461. The standard InChI is InChI=1S/C5H7F2N/c1-8-3-2-5(6,7)4-8/h2-3H,4H2,1H3. The first-order chi connectivity index (χ1) is 3.60. The molecule has 0 aromatic heterocycles. The number of alkyl halides is 2. The van der Waals surface area contributed by atoms with Crippen molar-refractivity contribution in [1.82, 2.24) is 4.90 Å². The summed E-state index contributed by atoms with van der Waals surface area (Å²) in [6.45, 7) is -0.174. The molecule has 0 saturated heterocycles. The third-order valence-corrected chi connectivity index (χ3v) is 1.03. The Morgan fingerprint density at radius 3 is 2.38 bits per heavy atom. The van der Waals surface area contributed by atoms with Crippen LogP contribution in [0.3, 0.4) is 0 Å². The Morgan fingerprint density at radius 2 is 2.25 bits per heavy atom.